The fourth-order valence-electron chi connectivity index (χ4n) is 3.85. The van der Waals surface area contributed by atoms with Crippen molar-refractivity contribution in [2.45, 2.75) is 49.8 Å². The summed E-state index contributed by atoms with van der Waals surface area (Å²) >= 11 is 3.19. The molecule has 0 saturated carbocycles. The van der Waals surface area contributed by atoms with Crippen molar-refractivity contribution >= 4 is 26.0 Å². The summed E-state index contributed by atoms with van der Waals surface area (Å²) in [6, 6.07) is 3.67. The Balaban J connectivity index is 1.78. The average molecular weight is 435 g/mol. The van der Waals surface area contributed by atoms with E-state index in [1.165, 1.54) is 18.2 Å². The third-order valence-electron chi connectivity index (χ3n) is 4.77. The average Bonchev–Trinajstić information content (AvgIpc) is 2.94. The molecule has 0 spiro atoms. The quantitative estimate of drug-likeness (QED) is 0.730. The van der Waals surface area contributed by atoms with Gasteiger partial charge in [-0.15, -0.1) is 0 Å². The molecule has 2 heterocycles. The molecule has 0 radical (unpaired) electrons. The van der Waals surface area contributed by atoms with Crippen LogP contribution in [0.1, 0.15) is 26.7 Å². The summed E-state index contributed by atoms with van der Waals surface area (Å²) in [5.41, 5.74) is 0. The first-order valence-corrected chi connectivity index (χ1v) is 10.9. The highest BCUT2D eigenvalue weighted by atomic mass is 79.9. The fraction of sp³-hybridized carbons (Fsp3) is 0.647. The van der Waals surface area contributed by atoms with Gasteiger partial charge in [-0.25, -0.2) is 12.8 Å². The van der Waals surface area contributed by atoms with Crippen molar-refractivity contribution in [1.82, 2.24) is 9.21 Å². The minimum absolute atomic E-state index is 0.0561. The van der Waals surface area contributed by atoms with Gasteiger partial charge in [0.05, 0.1) is 17.1 Å². The largest absolute Gasteiger partial charge is 0.373 e. The number of halogens is 2. The third kappa shape index (κ3) is 4.24. The zero-order valence-electron chi connectivity index (χ0n) is 14.5. The van der Waals surface area contributed by atoms with Crippen molar-refractivity contribution in [2.75, 3.05) is 26.2 Å². The lowest BCUT2D eigenvalue weighted by Crippen LogP contribution is -2.50. The van der Waals surface area contributed by atoms with Crippen LogP contribution in [0, 0.1) is 5.82 Å². The van der Waals surface area contributed by atoms with Gasteiger partial charge in [-0.3, -0.25) is 4.90 Å². The first-order chi connectivity index (χ1) is 11.8. The smallest absolute Gasteiger partial charge is 0.244 e. The van der Waals surface area contributed by atoms with Gasteiger partial charge in [-0.1, -0.05) is 0 Å². The van der Waals surface area contributed by atoms with Crippen molar-refractivity contribution in [1.29, 1.82) is 0 Å². The van der Waals surface area contributed by atoms with Crippen LogP contribution in [0.4, 0.5) is 4.39 Å². The Morgan fingerprint density at radius 3 is 2.60 bits per heavy atom. The molecule has 0 aromatic heterocycles. The molecule has 1 aromatic carbocycles. The monoisotopic (exact) mass is 434 g/mol. The van der Waals surface area contributed by atoms with Gasteiger partial charge in [-0.2, -0.15) is 4.31 Å². The van der Waals surface area contributed by atoms with Gasteiger partial charge in [-0.05, 0) is 60.8 Å². The minimum Gasteiger partial charge on any atom is -0.373 e. The molecule has 0 amide bonds. The molecule has 5 nitrogen and oxygen atoms in total. The zero-order valence-corrected chi connectivity index (χ0v) is 16.9. The summed E-state index contributed by atoms with van der Waals surface area (Å²) in [6.07, 6.45) is 2.00. The Hall–Kier alpha value is -0.540. The lowest BCUT2D eigenvalue weighted by molar-refractivity contribution is -0.0707. The molecule has 2 saturated heterocycles. The maximum atomic E-state index is 13.3. The Kier molecular flexibility index (Phi) is 5.85. The second-order valence-electron chi connectivity index (χ2n) is 6.96. The molecule has 3 rings (SSSR count). The van der Waals surface area contributed by atoms with Crippen LogP contribution in [0.2, 0.25) is 0 Å². The topological polar surface area (TPSA) is 49.9 Å². The minimum atomic E-state index is -3.65. The SMILES string of the molecule is C[C@@H]1CN(C[C@@H]2CCCN2S(=O)(=O)c2ccc(F)cc2Br)C[C@@H](C)O1. The van der Waals surface area contributed by atoms with Gasteiger partial charge >= 0.3 is 0 Å². The normalized spacial score (nSPS) is 29.2. The summed E-state index contributed by atoms with van der Waals surface area (Å²) in [4.78, 5) is 2.42. The highest BCUT2D eigenvalue weighted by Gasteiger charge is 2.38. The van der Waals surface area contributed by atoms with Gasteiger partial charge < -0.3 is 4.74 Å². The summed E-state index contributed by atoms with van der Waals surface area (Å²) in [6.45, 7) is 6.93. The van der Waals surface area contributed by atoms with Crippen LogP contribution in [-0.2, 0) is 14.8 Å². The lowest BCUT2D eigenvalue weighted by atomic mass is 10.1. The van der Waals surface area contributed by atoms with Crippen LogP contribution >= 0.6 is 15.9 Å². The van der Waals surface area contributed by atoms with Crippen LogP contribution in [0.15, 0.2) is 27.6 Å². The molecule has 3 atom stereocenters. The van der Waals surface area contributed by atoms with Gasteiger partial charge in [0.2, 0.25) is 10.0 Å². The van der Waals surface area contributed by atoms with E-state index in [2.05, 4.69) is 20.8 Å². The van der Waals surface area contributed by atoms with Crippen LogP contribution in [0.25, 0.3) is 0 Å². The molecular formula is C17H24BrFN2O3S. The highest BCUT2D eigenvalue weighted by Crippen LogP contribution is 2.31. The van der Waals surface area contributed by atoms with Crippen molar-refractivity contribution in [3.63, 3.8) is 0 Å². The van der Waals surface area contributed by atoms with Crippen molar-refractivity contribution < 1.29 is 17.5 Å². The third-order valence-corrected chi connectivity index (χ3v) is 7.70. The van der Waals surface area contributed by atoms with E-state index in [1.807, 2.05) is 13.8 Å². The molecule has 2 aliphatic heterocycles. The Morgan fingerprint density at radius 1 is 1.28 bits per heavy atom. The Bertz CT molecular complexity index is 721. The number of rotatable bonds is 4. The lowest BCUT2D eigenvalue weighted by Gasteiger charge is -2.38. The molecule has 140 valence electrons. The van der Waals surface area contributed by atoms with Crippen molar-refractivity contribution in [3.05, 3.63) is 28.5 Å². The fourth-order valence-corrected chi connectivity index (χ4v) is 6.55. The first-order valence-electron chi connectivity index (χ1n) is 8.62. The van der Waals surface area contributed by atoms with Crippen molar-refractivity contribution in [3.8, 4) is 0 Å². The standard InChI is InChI=1S/C17H24BrFN2O3S/c1-12-9-20(10-13(2)24-12)11-15-4-3-7-21(15)25(22,23)17-6-5-14(19)8-16(17)18/h5-6,8,12-13,15H,3-4,7,9-11H2,1-2H3/t12-,13-,15+/m1/s1. The maximum Gasteiger partial charge on any atom is 0.244 e. The molecule has 8 heteroatoms. The number of hydrogen-bond donors (Lipinski definition) is 0. The molecule has 0 aliphatic carbocycles. The molecule has 2 fully saturated rings. The van der Waals surface area contributed by atoms with E-state index in [1.54, 1.807) is 4.31 Å². The van der Waals surface area contributed by atoms with Crippen LogP contribution in [0.5, 0.6) is 0 Å². The molecule has 25 heavy (non-hydrogen) atoms. The van der Waals surface area contributed by atoms with Gasteiger partial charge in [0.15, 0.2) is 0 Å². The number of benzene rings is 1. The van der Waals surface area contributed by atoms with E-state index in [9.17, 15) is 12.8 Å². The molecule has 0 unspecified atom stereocenters. The second kappa shape index (κ2) is 7.60. The van der Waals surface area contributed by atoms with E-state index >= 15 is 0 Å². The number of ether oxygens (including phenoxy) is 1. The van der Waals surface area contributed by atoms with E-state index in [4.69, 9.17) is 4.74 Å². The molecule has 1 aromatic rings. The zero-order chi connectivity index (χ0) is 18.2. The second-order valence-corrected chi connectivity index (χ2v) is 9.68. The van der Waals surface area contributed by atoms with E-state index in [0.717, 1.165) is 25.9 Å². The molecule has 2 aliphatic rings. The van der Waals surface area contributed by atoms with Crippen LogP contribution < -0.4 is 0 Å². The predicted molar refractivity (Wildman–Crippen MR) is 97.5 cm³/mol. The predicted octanol–water partition coefficient (Wildman–Crippen LogP) is 2.85. The van der Waals surface area contributed by atoms with Crippen molar-refractivity contribution in [2.24, 2.45) is 0 Å². The number of hydrogen-bond acceptors (Lipinski definition) is 4. The molecular weight excluding hydrogens is 411 g/mol. The Morgan fingerprint density at radius 2 is 1.96 bits per heavy atom. The van der Waals surface area contributed by atoms with Gasteiger partial charge in [0.1, 0.15) is 5.82 Å². The van der Waals surface area contributed by atoms with E-state index < -0.39 is 15.8 Å². The van der Waals surface area contributed by atoms with Gasteiger partial charge in [0, 0.05) is 36.7 Å². The van der Waals surface area contributed by atoms with Crippen LogP contribution in [-0.4, -0.2) is 62.1 Å². The number of nitrogens with zero attached hydrogens (tertiary/aromatic N) is 2. The van der Waals surface area contributed by atoms with E-state index in [0.29, 0.717) is 13.1 Å². The summed E-state index contributed by atoms with van der Waals surface area (Å²) < 4.78 is 47.1. The maximum absolute atomic E-state index is 13.3. The summed E-state index contributed by atoms with van der Waals surface area (Å²) in [5, 5.41) is 0. The first kappa shape index (κ1) is 19.2. The Labute approximate surface area is 157 Å². The number of morpholine rings is 1. The number of sulfonamides is 1. The van der Waals surface area contributed by atoms with Gasteiger partial charge in [0.25, 0.3) is 0 Å². The summed E-state index contributed by atoms with van der Waals surface area (Å²) in [7, 11) is -3.65. The molecule has 0 N–H and O–H groups in total. The summed E-state index contributed by atoms with van der Waals surface area (Å²) in [5.74, 6) is -0.458. The highest BCUT2D eigenvalue weighted by molar-refractivity contribution is 9.10. The molecule has 0 bridgehead atoms. The van der Waals surface area contributed by atoms with Crippen LogP contribution in [0.3, 0.4) is 0 Å². The van der Waals surface area contributed by atoms with E-state index in [-0.39, 0.29) is 27.6 Å².